The highest BCUT2D eigenvalue weighted by atomic mass is 35.5. The number of anilines is 1. The number of nitrogens with one attached hydrogen (secondary N) is 1. The Morgan fingerprint density at radius 3 is 2.62 bits per heavy atom. The SMILES string of the molecule is CCC1C[C@H](C(=O)Nc2cc(Cl)ccc2C)[C@H](C(=O)O)C1. The summed E-state index contributed by atoms with van der Waals surface area (Å²) in [6.07, 6.45) is 2.13. The van der Waals surface area contributed by atoms with E-state index in [1.807, 2.05) is 19.9 Å². The lowest BCUT2D eigenvalue weighted by molar-refractivity contribution is -0.145. The van der Waals surface area contributed by atoms with E-state index in [0.717, 1.165) is 12.0 Å². The molecule has 0 heterocycles. The molecule has 2 rings (SSSR count). The predicted molar refractivity (Wildman–Crippen MR) is 82.4 cm³/mol. The van der Waals surface area contributed by atoms with E-state index in [1.54, 1.807) is 12.1 Å². The Labute approximate surface area is 129 Å². The molecule has 0 aliphatic heterocycles. The monoisotopic (exact) mass is 309 g/mol. The molecule has 0 spiro atoms. The zero-order valence-electron chi connectivity index (χ0n) is 12.2. The molecule has 0 saturated heterocycles. The second-order valence-corrected chi connectivity index (χ2v) is 6.18. The molecule has 0 bridgehead atoms. The second-order valence-electron chi connectivity index (χ2n) is 5.75. The molecule has 1 aromatic carbocycles. The fourth-order valence-corrected chi connectivity index (χ4v) is 3.17. The molecule has 114 valence electrons. The van der Waals surface area contributed by atoms with Gasteiger partial charge >= 0.3 is 5.97 Å². The third-order valence-electron chi connectivity index (χ3n) is 4.35. The van der Waals surface area contributed by atoms with Gasteiger partial charge in [-0.3, -0.25) is 9.59 Å². The molecular weight excluding hydrogens is 290 g/mol. The van der Waals surface area contributed by atoms with Crippen molar-refractivity contribution in [3.8, 4) is 0 Å². The average molecular weight is 310 g/mol. The minimum atomic E-state index is -0.881. The van der Waals surface area contributed by atoms with Gasteiger partial charge in [-0.05, 0) is 43.4 Å². The summed E-state index contributed by atoms with van der Waals surface area (Å²) in [5.74, 6) is -1.85. The Morgan fingerprint density at radius 1 is 1.33 bits per heavy atom. The van der Waals surface area contributed by atoms with Crippen molar-refractivity contribution in [3.63, 3.8) is 0 Å². The van der Waals surface area contributed by atoms with Gasteiger partial charge in [0.1, 0.15) is 0 Å². The zero-order chi connectivity index (χ0) is 15.6. The second kappa shape index (κ2) is 6.48. The predicted octanol–water partition coefficient (Wildman–Crippen LogP) is 3.72. The number of rotatable bonds is 4. The van der Waals surface area contributed by atoms with Gasteiger partial charge in [0.25, 0.3) is 0 Å². The Bertz CT molecular complexity index is 558. The van der Waals surface area contributed by atoms with Crippen molar-refractivity contribution in [2.45, 2.75) is 33.1 Å². The summed E-state index contributed by atoms with van der Waals surface area (Å²) in [6, 6.07) is 5.28. The van der Waals surface area contributed by atoms with Crippen LogP contribution >= 0.6 is 11.6 Å². The van der Waals surface area contributed by atoms with Gasteiger partial charge < -0.3 is 10.4 Å². The van der Waals surface area contributed by atoms with Crippen LogP contribution in [0, 0.1) is 24.7 Å². The molecule has 1 fully saturated rings. The zero-order valence-corrected chi connectivity index (χ0v) is 13.0. The van der Waals surface area contributed by atoms with Crippen molar-refractivity contribution in [1.82, 2.24) is 0 Å². The van der Waals surface area contributed by atoms with Crippen LogP contribution in [0.3, 0.4) is 0 Å². The lowest BCUT2D eigenvalue weighted by Crippen LogP contribution is -2.30. The summed E-state index contributed by atoms with van der Waals surface area (Å²) in [4.78, 5) is 23.8. The fraction of sp³-hybridized carbons (Fsp3) is 0.500. The maximum atomic E-state index is 12.4. The van der Waals surface area contributed by atoms with Crippen LogP contribution in [0.4, 0.5) is 5.69 Å². The first-order valence-corrected chi connectivity index (χ1v) is 7.60. The Kier molecular flexibility index (Phi) is 4.88. The molecule has 1 aliphatic rings. The third kappa shape index (κ3) is 3.56. The summed E-state index contributed by atoms with van der Waals surface area (Å²) >= 11 is 5.94. The topological polar surface area (TPSA) is 66.4 Å². The largest absolute Gasteiger partial charge is 0.481 e. The number of benzene rings is 1. The van der Waals surface area contributed by atoms with Gasteiger partial charge in [0.15, 0.2) is 0 Å². The lowest BCUT2D eigenvalue weighted by atomic mass is 9.95. The number of hydrogen-bond acceptors (Lipinski definition) is 2. The fourth-order valence-electron chi connectivity index (χ4n) is 2.99. The molecular formula is C16H20ClNO3. The molecule has 0 aromatic heterocycles. The van der Waals surface area contributed by atoms with Gasteiger partial charge in [0.2, 0.25) is 5.91 Å². The van der Waals surface area contributed by atoms with Crippen LogP contribution in [0.5, 0.6) is 0 Å². The van der Waals surface area contributed by atoms with E-state index in [4.69, 9.17) is 11.6 Å². The molecule has 5 heteroatoms. The van der Waals surface area contributed by atoms with E-state index in [2.05, 4.69) is 5.32 Å². The van der Waals surface area contributed by atoms with Crippen LogP contribution in [-0.4, -0.2) is 17.0 Å². The van der Waals surface area contributed by atoms with E-state index in [-0.39, 0.29) is 5.91 Å². The summed E-state index contributed by atoms with van der Waals surface area (Å²) in [7, 11) is 0. The van der Waals surface area contributed by atoms with Crippen LogP contribution < -0.4 is 5.32 Å². The smallest absolute Gasteiger partial charge is 0.307 e. The molecule has 1 amide bonds. The summed E-state index contributed by atoms with van der Waals surface area (Å²) in [5, 5.41) is 12.7. The minimum Gasteiger partial charge on any atom is -0.481 e. The Hall–Kier alpha value is -1.55. The van der Waals surface area contributed by atoms with E-state index in [9.17, 15) is 14.7 Å². The average Bonchev–Trinajstić information content (AvgIpc) is 2.87. The number of carboxylic acid groups (broad SMARTS) is 1. The van der Waals surface area contributed by atoms with Gasteiger partial charge in [-0.1, -0.05) is 31.0 Å². The highest BCUT2D eigenvalue weighted by Gasteiger charge is 2.42. The van der Waals surface area contributed by atoms with E-state index < -0.39 is 17.8 Å². The van der Waals surface area contributed by atoms with Gasteiger partial charge in [-0.15, -0.1) is 0 Å². The van der Waals surface area contributed by atoms with Crippen molar-refractivity contribution in [2.24, 2.45) is 17.8 Å². The molecule has 3 atom stereocenters. The van der Waals surface area contributed by atoms with Crippen molar-refractivity contribution >= 4 is 29.2 Å². The van der Waals surface area contributed by atoms with Gasteiger partial charge in [-0.2, -0.15) is 0 Å². The van der Waals surface area contributed by atoms with Crippen molar-refractivity contribution in [1.29, 1.82) is 0 Å². The summed E-state index contributed by atoms with van der Waals surface area (Å²) in [6.45, 7) is 3.91. The van der Waals surface area contributed by atoms with Crippen LogP contribution in [0.1, 0.15) is 31.7 Å². The van der Waals surface area contributed by atoms with Crippen LogP contribution in [-0.2, 0) is 9.59 Å². The van der Waals surface area contributed by atoms with E-state index in [0.29, 0.717) is 29.5 Å². The van der Waals surface area contributed by atoms with Crippen molar-refractivity contribution in [3.05, 3.63) is 28.8 Å². The molecule has 21 heavy (non-hydrogen) atoms. The summed E-state index contributed by atoms with van der Waals surface area (Å²) in [5.41, 5.74) is 1.56. The van der Waals surface area contributed by atoms with Crippen LogP contribution in [0.15, 0.2) is 18.2 Å². The highest BCUT2D eigenvalue weighted by molar-refractivity contribution is 6.31. The third-order valence-corrected chi connectivity index (χ3v) is 4.58. The van der Waals surface area contributed by atoms with Gasteiger partial charge in [-0.25, -0.2) is 0 Å². The molecule has 4 nitrogen and oxygen atoms in total. The molecule has 2 N–H and O–H groups in total. The normalized spacial score (nSPS) is 24.8. The van der Waals surface area contributed by atoms with Crippen molar-refractivity contribution < 1.29 is 14.7 Å². The Morgan fingerprint density at radius 2 is 2.00 bits per heavy atom. The summed E-state index contributed by atoms with van der Waals surface area (Å²) < 4.78 is 0. The first-order chi connectivity index (χ1) is 9.92. The maximum Gasteiger partial charge on any atom is 0.307 e. The Balaban J connectivity index is 2.15. The number of aryl methyl sites for hydroxylation is 1. The lowest BCUT2D eigenvalue weighted by Gasteiger charge is -2.16. The van der Waals surface area contributed by atoms with Crippen molar-refractivity contribution in [2.75, 3.05) is 5.32 Å². The molecule has 1 unspecified atom stereocenters. The van der Waals surface area contributed by atoms with Gasteiger partial charge in [0.05, 0.1) is 11.8 Å². The first kappa shape index (κ1) is 15.8. The molecule has 1 aromatic rings. The highest BCUT2D eigenvalue weighted by Crippen LogP contribution is 2.39. The molecule has 1 saturated carbocycles. The number of hydrogen-bond donors (Lipinski definition) is 2. The molecule has 1 aliphatic carbocycles. The number of halogens is 1. The quantitative estimate of drug-likeness (QED) is 0.890. The van der Waals surface area contributed by atoms with Crippen LogP contribution in [0.2, 0.25) is 5.02 Å². The number of aliphatic carboxylic acids is 1. The number of carbonyl (C=O) groups is 2. The first-order valence-electron chi connectivity index (χ1n) is 7.22. The van der Waals surface area contributed by atoms with E-state index >= 15 is 0 Å². The van der Waals surface area contributed by atoms with Crippen LogP contribution in [0.25, 0.3) is 0 Å². The molecule has 0 radical (unpaired) electrons. The van der Waals surface area contributed by atoms with E-state index in [1.165, 1.54) is 0 Å². The number of carboxylic acids is 1. The maximum absolute atomic E-state index is 12.4. The standard InChI is InChI=1S/C16H20ClNO3/c1-3-10-6-12(13(7-10)16(20)21)15(19)18-14-8-11(17)5-4-9(14)2/h4-5,8,10,12-13H,3,6-7H2,1-2H3,(H,18,19)(H,20,21)/t10?,12-,13+/m0/s1. The van der Waals surface area contributed by atoms with Gasteiger partial charge in [0, 0.05) is 10.7 Å². The minimum absolute atomic E-state index is 0.219. The number of carbonyl (C=O) groups excluding carboxylic acids is 1. The number of amides is 1.